The molecular weight excluding hydrogens is 202 g/mol. The van der Waals surface area contributed by atoms with Gasteiger partial charge in [-0.15, -0.1) is 0 Å². The highest BCUT2D eigenvalue weighted by atomic mass is 16.5. The summed E-state index contributed by atoms with van der Waals surface area (Å²) >= 11 is 0. The fourth-order valence-corrected chi connectivity index (χ4v) is 2.05. The summed E-state index contributed by atoms with van der Waals surface area (Å²) in [5.74, 6) is -0.248. The van der Waals surface area contributed by atoms with Gasteiger partial charge in [-0.05, 0) is 31.5 Å². The van der Waals surface area contributed by atoms with Crippen LogP contribution in [0.25, 0.3) is 10.9 Å². The largest absolute Gasteiger partial charge is 0.462 e. The van der Waals surface area contributed by atoms with Crippen LogP contribution in [-0.4, -0.2) is 17.1 Å². The van der Waals surface area contributed by atoms with Crippen molar-refractivity contribution < 1.29 is 9.53 Å². The number of fused-ring (bicyclic) bond motifs is 1. The standard InChI is InChI=1S/C13H15NO2/c1-4-16-13(15)10-6-5-7-11-12(10)9(2)8-14(11)3/h5-8H,4H2,1-3H3. The predicted octanol–water partition coefficient (Wildman–Crippen LogP) is 2.66. The van der Waals surface area contributed by atoms with E-state index >= 15 is 0 Å². The van der Waals surface area contributed by atoms with Gasteiger partial charge in [-0.1, -0.05) is 6.07 Å². The van der Waals surface area contributed by atoms with Crippen LogP contribution in [0.2, 0.25) is 0 Å². The van der Waals surface area contributed by atoms with Crippen LogP contribution in [0.3, 0.4) is 0 Å². The summed E-state index contributed by atoms with van der Waals surface area (Å²) in [5.41, 5.74) is 2.81. The molecule has 0 radical (unpaired) electrons. The van der Waals surface area contributed by atoms with Gasteiger partial charge in [0, 0.05) is 24.1 Å². The van der Waals surface area contributed by atoms with Crippen molar-refractivity contribution in [2.75, 3.05) is 6.61 Å². The van der Waals surface area contributed by atoms with E-state index in [9.17, 15) is 4.79 Å². The average Bonchev–Trinajstić information content (AvgIpc) is 2.55. The summed E-state index contributed by atoms with van der Waals surface area (Å²) in [6, 6.07) is 5.70. The molecule has 16 heavy (non-hydrogen) atoms. The van der Waals surface area contributed by atoms with Crippen LogP contribution < -0.4 is 0 Å². The number of carbonyl (C=O) groups excluding carboxylic acids is 1. The molecule has 2 rings (SSSR count). The molecule has 0 spiro atoms. The topological polar surface area (TPSA) is 31.2 Å². The molecule has 2 aromatic rings. The van der Waals surface area contributed by atoms with Gasteiger partial charge in [0.1, 0.15) is 0 Å². The van der Waals surface area contributed by atoms with E-state index in [4.69, 9.17) is 4.74 Å². The molecule has 0 N–H and O–H groups in total. The maximum absolute atomic E-state index is 11.8. The Balaban J connectivity index is 2.66. The zero-order valence-corrected chi connectivity index (χ0v) is 9.78. The molecule has 1 heterocycles. The first-order chi connectivity index (χ1) is 7.65. The zero-order valence-electron chi connectivity index (χ0n) is 9.78. The Bertz CT molecular complexity index is 540. The lowest BCUT2D eigenvalue weighted by Crippen LogP contribution is -2.05. The molecule has 0 amide bonds. The molecule has 0 saturated carbocycles. The second-order valence-electron chi connectivity index (χ2n) is 3.84. The van der Waals surface area contributed by atoms with Crippen molar-refractivity contribution in [3.63, 3.8) is 0 Å². The minimum atomic E-state index is -0.248. The fraction of sp³-hybridized carbons (Fsp3) is 0.308. The Kier molecular flexibility index (Phi) is 2.69. The summed E-state index contributed by atoms with van der Waals surface area (Å²) < 4.78 is 7.07. The summed E-state index contributed by atoms with van der Waals surface area (Å²) in [5, 5.41) is 0.989. The molecule has 0 unspecified atom stereocenters. The van der Waals surface area contributed by atoms with E-state index in [1.54, 1.807) is 0 Å². The average molecular weight is 217 g/mol. The number of ether oxygens (including phenoxy) is 1. The molecule has 0 aliphatic heterocycles. The third-order valence-corrected chi connectivity index (χ3v) is 2.70. The first kappa shape index (κ1) is 10.7. The molecule has 1 aromatic heterocycles. The van der Waals surface area contributed by atoms with Crippen molar-refractivity contribution in [1.82, 2.24) is 4.57 Å². The minimum Gasteiger partial charge on any atom is -0.462 e. The highest BCUT2D eigenvalue weighted by Gasteiger charge is 2.14. The lowest BCUT2D eigenvalue weighted by Gasteiger charge is -2.04. The van der Waals surface area contributed by atoms with Gasteiger partial charge >= 0.3 is 5.97 Å². The van der Waals surface area contributed by atoms with Crippen LogP contribution in [0.4, 0.5) is 0 Å². The summed E-state index contributed by atoms with van der Waals surface area (Å²) in [7, 11) is 1.98. The molecule has 0 saturated heterocycles. The van der Waals surface area contributed by atoms with Gasteiger partial charge in [-0.3, -0.25) is 0 Å². The highest BCUT2D eigenvalue weighted by Crippen LogP contribution is 2.24. The van der Waals surface area contributed by atoms with Gasteiger partial charge in [-0.25, -0.2) is 4.79 Å². The SMILES string of the molecule is CCOC(=O)c1cccc2c1c(C)cn2C. The lowest BCUT2D eigenvalue weighted by molar-refractivity contribution is 0.0528. The van der Waals surface area contributed by atoms with Crippen molar-refractivity contribution >= 4 is 16.9 Å². The Morgan fingerprint density at radius 2 is 2.19 bits per heavy atom. The van der Waals surface area contributed by atoms with Crippen molar-refractivity contribution in [2.24, 2.45) is 7.05 Å². The van der Waals surface area contributed by atoms with E-state index in [1.165, 1.54) is 0 Å². The third kappa shape index (κ3) is 1.58. The molecule has 0 bridgehead atoms. The molecule has 0 aliphatic rings. The molecular formula is C13H15NO2. The van der Waals surface area contributed by atoms with Crippen LogP contribution in [-0.2, 0) is 11.8 Å². The van der Waals surface area contributed by atoms with Crippen LogP contribution in [0.1, 0.15) is 22.8 Å². The number of carbonyl (C=O) groups is 1. The summed E-state index contributed by atoms with van der Waals surface area (Å²) in [4.78, 5) is 11.8. The Morgan fingerprint density at radius 3 is 2.88 bits per heavy atom. The van der Waals surface area contributed by atoms with Gasteiger partial charge in [0.05, 0.1) is 12.2 Å². The second kappa shape index (κ2) is 4.00. The van der Waals surface area contributed by atoms with Crippen LogP contribution in [0, 0.1) is 6.92 Å². The zero-order chi connectivity index (χ0) is 11.7. The van der Waals surface area contributed by atoms with E-state index in [0.29, 0.717) is 12.2 Å². The molecule has 0 fully saturated rings. The molecule has 84 valence electrons. The second-order valence-corrected chi connectivity index (χ2v) is 3.84. The van der Waals surface area contributed by atoms with Gasteiger partial charge in [0.25, 0.3) is 0 Å². The van der Waals surface area contributed by atoms with E-state index in [0.717, 1.165) is 16.5 Å². The van der Waals surface area contributed by atoms with E-state index in [2.05, 4.69) is 0 Å². The number of esters is 1. The van der Waals surface area contributed by atoms with Gasteiger partial charge in [-0.2, -0.15) is 0 Å². The number of aryl methyl sites for hydroxylation is 2. The van der Waals surface area contributed by atoms with Crippen LogP contribution >= 0.6 is 0 Å². The predicted molar refractivity (Wildman–Crippen MR) is 63.6 cm³/mol. The van der Waals surface area contributed by atoms with Crippen molar-refractivity contribution in [3.8, 4) is 0 Å². The normalized spacial score (nSPS) is 10.7. The number of aromatic nitrogens is 1. The van der Waals surface area contributed by atoms with Gasteiger partial charge in [0.15, 0.2) is 0 Å². The van der Waals surface area contributed by atoms with Crippen molar-refractivity contribution in [3.05, 3.63) is 35.5 Å². The molecule has 0 atom stereocenters. The highest BCUT2D eigenvalue weighted by molar-refractivity contribution is 6.05. The van der Waals surface area contributed by atoms with Crippen LogP contribution in [0.5, 0.6) is 0 Å². The molecule has 3 heteroatoms. The number of rotatable bonds is 2. The fourth-order valence-electron chi connectivity index (χ4n) is 2.05. The Labute approximate surface area is 94.6 Å². The van der Waals surface area contributed by atoms with E-state index in [1.807, 2.05) is 49.9 Å². The first-order valence-corrected chi connectivity index (χ1v) is 5.37. The van der Waals surface area contributed by atoms with Crippen molar-refractivity contribution in [1.29, 1.82) is 0 Å². The third-order valence-electron chi connectivity index (χ3n) is 2.70. The molecule has 3 nitrogen and oxygen atoms in total. The smallest absolute Gasteiger partial charge is 0.338 e. The van der Waals surface area contributed by atoms with Gasteiger partial charge < -0.3 is 9.30 Å². The number of hydrogen-bond acceptors (Lipinski definition) is 2. The summed E-state index contributed by atoms with van der Waals surface area (Å²) in [6.07, 6.45) is 2.02. The first-order valence-electron chi connectivity index (χ1n) is 5.37. The molecule has 1 aromatic carbocycles. The Hall–Kier alpha value is -1.77. The monoisotopic (exact) mass is 217 g/mol. The number of nitrogens with zero attached hydrogens (tertiary/aromatic N) is 1. The van der Waals surface area contributed by atoms with Crippen LogP contribution in [0.15, 0.2) is 24.4 Å². The lowest BCUT2D eigenvalue weighted by atomic mass is 10.1. The summed E-state index contributed by atoms with van der Waals surface area (Å²) in [6.45, 7) is 4.22. The van der Waals surface area contributed by atoms with Crippen molar-refractivity contribution in [2.45, 2.75) is 13.8 Å². The minimum absolute atomic E-state index is 0.248. The van der Waals surface area contributed by atoms with E-state index in [-0.39, 0.29) is 5.97 Å². The quantitative estimate of drug-likeness (QED) is 0.724. The molecule has 0 aliphatic carbocycles. The Morgan fingerprint density at radius 1 is 1.44 bits per heavy atom. The maximum atomic E-state index is 11.8. The number of benzene rings is 1. The number of hydrogen-bond donors (Lipinski definition) is 0. The van der Waals surface area contributed by atoms with E-state index < -0.39 is 0 Å². The van der Waals surface area contributed by atoms with Gasteiger partial charge in [0.2, 0.25) is 0 Å². The maximum Gasteiger partial charge on any atom is 0.338 e.